The molecule has 0 saturated carbocycles. The molecule has 0 amide bonds. The molecule has 2 atom stereocenters. The first-order valence-electron chi connectivity index (χ1n) is 8.18. The van der Waals surface area contributed by atoms with Crippen LogP contribution in [0.2, 0.25) is 0 Å². The number of aliphatic carboxylic acids is 1. The maximum atomic E-state index is 13.3. The lowest BCUT2D eigenvalue weighted by Crippen LogP contribution is -2.30. The van der Waals surface area contributed by atoms with Crippen molar-refractivity contribution in [3.8, 4) is 0 Å². The first-order chi connectivity index (χ1) is 12.4. The Labute approximate surface area is 157 Å². The van der Waals surface area contributed by atoms with E-state index in [1.807, 2.05) is 0 Å². The summed E-state index contributed by atoms with van der Waals surface area (Å²) >= 11 is 1.18. The summed E-state index contributed by atoms with van der Waals surface area (Å²) in [6, 6.07) is 3.97. The molecule has 0 fully saturated rings. The van der Waals surface area contributed by atoms with Gasteiger partial charge in [0.05, 0.1) is 5.92 Å². The molecule has 0 heterocycles. The number of carbonyl (C=O) groups is 1. The van der Waals surface area contributed by atoms with Gasteiger partial charge in [0.15, 0.2) is 0 Å². The third-order valence-electron chi connectivity index (χ3n) is 3.92. The number of hydrogen-bond acceptors (Lipinski definition) is 3. The summed E-state index contributed by atoms with van der Waals surface area (Å²) in [5.41, 5.74) is 5.65. The van der Waals surface area contributed by atoms with Gasteiger partial charge in [-0.3, -0.25) is 4.79 Å². The molecule has 0 aliphatic heterocycles. The number of alkyl halides is 6. The fourth-order valence-electron chi connectivity index (χ4n) is 2.36. The summed E-state index contributed by atoms with van der Waals surface area (Å²) in [6.07, 6.45) is -10.1. The highest BCUT2D eigenvalue weighted by atomic mass is 32.2. The molecule has 154 valence electrons. The normalized spacial score (nSPS) is 14.8. The number of rotatable bonds is 10. The van der Waals surface area contributed by atoms with Crippen molar-refractivity contribution >= 4 is 17.7 Å². The number of carboxylic acids is 1. The average molecular weight is 417 g/mol. The second-order valence-corrected chi connectivity index (χ2v) is 7.31. The predicted molar refractivity (Wildman–Crippen MR) is 91.8 cm³/mol. The first kappa shape index (κ1) is 23.6. The monoisotopic (exact) mass is 417 g/mol. The first-order valence-corrected chi connectivity index (χ1v) is 9.34. The molecule has 1 rings (SSSR count). The molecule has 0 aliphatic rings. The zero-order valence-electron chi connectivity index (χ0n) is 14.3. The van der Waals surface area contributed by atoms with E-state index >= 15 is 0 Å². The molecule has 0 aromatic heterocycles. The largest absolute Gasteiger partial charge is 0.480 e. The van der Waals surface area contributed by atoms with Gasteiger partial charge in [0, 0.05) is 6.42 Å². The molecule has 0 aliphatic carbocycles. The highest BCUT2D eigenvalue weighted by Crippen LogP contribution is 2.38. The molecule has 0 saturated heterocycles. The molecule has 3 N–H and O–H groups in total. The highest BCUT2D eigenvalue weighted by Gasteiger charge is 2.40. The average Bonchev–Trinajstić information content (AvgIpc) is 2.54. The van der Waals surface area contributed by atoms with Crippen molar-refractivity contribution in [1.82, 2.24) is 0 Å². The van der Waals surface area contributed by atoms with E-state index in [4.69, 9.17) is 10.8 Å². The van der Waals surface area contributed by atoms with E-state index in [1.165, 1.54) is 36.0 Å². The molecular weight excluding hydrogens is 396 g/mol. The summed E-state index contributed by atoms with van der Waals surface area (Å²) in [5, 5.41) is 8.64. The molecule has 0 bridgehead atoms. The molecule has 1 aromatic rings. The SMILES string of the molecule is NC(CCSCCC(c1ccc(CCC(F)(F)F)cc1)C(F)(F)F)C(=O)O. The fourth-order valence-corrected chi connectivity index (χ4v) is 3.39. The van der Waals surface area contributed by atoms with Gasteiger partial charge in [-0.1, -0.05) is 24.3 Å². The number of hydrogen-bond donors (Lipinski definition) is 2. The number of aryl methyl sites for hydroxylation is 1. The summed E-state index contributed by atoms with van der Waals surface area (Å²) in [6.45, 7) is 0. The second-order valence-electron chi connectivity index (χ2n) is 6.09. The van der Waals surface area contributed by atoms with Crippen molar-refractivity contribution in [2.45, 2.75) is 50.0 Å². The standard InChI is InChI=1S/C17H21F6NO2S/c18-16(19,20)8-5-11-1-3-12(4-2-11)13(17(21,22)23)6-9-27-10-7-14(24)15(25)26/h1-4,13-14H,5-10,24H2,(H,25,26). The van der Waals surface area contributed by atoms with E-state index < -0.39 is 36.7 Å². The van der Waals surface area contributed by atoms with Gasteiger partial charge in [0.2, 0.25) is 0 Å². The van der Waals surface area contributed by atoms with Gasteiger partial charge < -0.3 is 10.8 Å². The van der Waals surface area contributed by atoms with E-state index in [1.54, 1.807) is 0 Å². The van der Waals surface area contributed by atoms with Crippen molar-refractivity contribution in [3.05, 3.63) is 35.4 Å². The third-order valence-corrected chi connectivity index (χ3v) is 4.96. The smallest absolute Gasteiger partial charge is 0.395 e. The molecule has 27 heavy (non-hydrogen) atoms. The van der Waals surface area contributed by atoms with Crippen LogP contribution >= 0.6 is 11.8 Å². The Hall–Kier alpha value is -1.42. The lowest BCUT2D eigenvalue weighted by molar-refractivity contribution is -0.150. The van der Waals surface area contributed by atoms with Crippen LogP contribution < -0.4 is 5.73 Å². The zero-order valence-corrected chi connectivity index (χ0v) is 15.1. The predicted octanol–water partition coefficient (Wildman–Crippen LogP) is 4.75. The number of nitrogens with two attached hydrogens (primary N) is 1. The van der Waals surface area contributed by atoms with E-state index in [9.17, 15) is 31.1 Å². The molecule has 0 spiro atoms. The van der Waals surface area contributed by atoms with Crippen LogP contribution in [-0.4, -0.2) is 41.0 Å². The van der Waals surface area contributed by atoms with E-state index in [-0.39, 0.29) is 30.6 Å². The minimum Gasteiger partial charge on any atom is -0.480 e. The number of halogens is 6. The highest BCUT2D eigenvalue weighted by molar-refractivity contribution is 7.99. The van der Waals surface area contributed by atoms with Crippen molar-refractivity contribution in [3.63, 3.8) is 0 Å². The van der Waals surface area contributed by atoms with Crippen LogP contribution in [0.25, 0.3) is 0 Å². The Bertz CT molecular complexity index is 589. The van der Waals surface area contributed by atoms with Crippen LogP contribution in [-0.2, 0) is 11.2 Å². The van der Waals surface area contributed by atoms with Gasteiger partial charge in [-0.05, 0) is 41.9 Å². The Kier molecular flexibility index (Phi) is 8.93. The summed E-state index contributed by atoms with van der Waals surface area (Å²) in [7, 11) is 0. The zero-order chi connectivity index (χ0) is 20.7. The van der Waals surface area contributed by atoms with E-state index in [0.29, 0.717) is 11.3 Å². The Morgan fingerprint density at radius 1 is 1.04 bits per heavy atom. The van der Waals surface area contributed by atoms with Gasteiger partial charge >= 0.3 is 18.3 Å². The fraction of sp³-hybridized carbons (Fsp3) is 0.588. The number of benzene rings is 1. The Morgan fingerprint density at radius 2 is 1.59 bits per heavy atom. The van der Waals surface area contributed by atoms with Crippen LogP contribution in [0.3, 0.4) is 0 Å². The summed E-state index contributed by atoms with van der Waals surface area (Å²) in [5.74, 6) is -2.40. The topological polar surface area (TPSA) is 63.3 Å². The Morgan fingerprint density at radius 3 is 2.07 bits per heavy atom. The van der Waals surface area contributed by atoms with Crippen molar-refractivity contribution in [2.75, 3.05) is 11.5 Å². The molecule has 10 heteroatoms. The van der Waals surface area contributed by atoms with E-state index in [2.05, 4.69) is 0 Å². The van der Waals surface area contributed by atoms with Crippen LogP contribution in [0.4, 0.5) is 26.3 Å². The number of carboxylic acid groups (broad SMARTS) is 1. The number of thioether (sulfide) groups is 1. The van der Waals surface area contributed by atoms with Crippen molar-refractivity contribution in [2.24, 2.45) is 5.73 Å². The van der Waals surface area contributed by atoms with Crippen molar-refractivity contribution < 1.29 is 36.2 Å². The maximum absolute atomic E-state index is 13.3. The van der Waals surface area contributed by atoms with Crippen LogP contribution in [0, 0.1) is 0 Å². The quantitative estimate of drug-likeness (QED) is 0.426. The van der Waals surface area contributed by atoms with Gasteiger partial charge in [-0.15, -0.1) is 0 Å². The molecule has 3 nitrogen and oxygen atoms in total. The minimum absolute atomic E-state index is 0.00101. The molecule has 1 aromatic carbocycles. The van der Waals surface area contributed by atoms with Crippen molar-refractivity contribution in [1.29, 1.82) is 0 Å². The second kappa shape index (κ2) is 10.2. The molecular formula is C17H21F6NO2S. The van der Waals surface area contributed by atoms with Gasteiger partial charge in [0.1, 0.15) is 6.04 Å². The maximum Gasteiger partial charge on any atom is 0.395 e. The van der Waals surface area contributed by atoms with E-state index in [0.717, 1.165) is 0 Å². The third kappa shape index (κ3) is 9.37. The Balaban J connectivity index is 2.60. The summed E-state index contributed by atoms with van der Waals surface area (Å²) < 4.78 is 76.5. The molecule has 0 radical (unpaired) electrons. The van der Waals surface area contributed by atoms with Gasteiger partial charge in [0.25, 0.3) is 0 Å². The molecule has 2 unspecified atom stereocenters. The van der Waals surface area contributed by atoms with Crippen LogP contribution in [0.1, 0.15) is 36.3 Å². The lowest BCUT2D eigenvalue weighted by Gasteiger charge is -2.21. The van der Waals surface area contributed by atoms with Crippen LogP contribution in [0.5, 0.6) is 0 Å². The van der Waals surface area contributed by atoms with Crippen LogP contribution in [0.15, 0.2) is 24.3 Å². The van der Waals surface area contributed by atoms with Gasteiger partial charge in [-0.25, -0.2) is 0 Å². The summed E-state index contributed by atoms with van der Waals surface area (Å²) in [4.78, 5) is 10.6. The lowest BCUT2D eigenvalue weighted by atomic mass is 9.94. The minimum atomic E-state index is -4.48. The van der Waals surface area contributed by atoms with Gasteiger partial charge in [-0.2, -0.15) is 38.1 Å².